The van der Waals surface area contributed by atoms with E-state index in [-0.39, 0.29) is 0 Å². The molecule has 0 aliphatic heterocycles. The lowest BCUT2D eigenvalue weighted by Crippen LogP contribution is -1.99. The van der Waals surface area contributed by atoms with Crippen LogP contribution in [-0.4, -0.2) is 11.1 Å². The first-order chi connectivity index (χ1) is 7.16. The van der Waals surface area contributed by atoms with Crippen molar-refractivity contribution in [1.82, 2.24) is 0 Å². The van der Waals surface area contributed by atoms with Crippen LogP contribution < -0.4 is 0 Å². The zero-order valence-corrected chi connectivity index (χ0v) is 10.3. The van der Waals surface area contributed by atoms with E-state index >= 15 is 0 Å². The molecule has 0 saturated carbocycles. The van der Waals surface area contributed by atoms with Crippen LogP contribution in [0.25, 0.3) is 0 Å². The molecule has 2 nitrogen and oxygen atoms in total. The summed E-state index contributed by atoms with van der Waals surface area (Å²) in [6.45, 7) is 4.47. The quantitative estimate of drug-likeness (QED) is 0.552. The Bertz CT molecular complexity index is 155. The van der Waals surface area contributed by atoms with Crippen molar-refractivity contribution in [3.05, 3.63) is 0 Å². The normalized spacial score (nSPS) is 12.7. The molecule has 0 spiro atoms. The van der Waals surface area contributed by atoms with Crippen LogP contribution in [-0.2, 0) is 4.79 Å². The number of rotatable bonds is 10. The average Bonchev–Trinajstić information content (AvgIpc) is 2.17. The van der Waals surface area contributed by atoms with Gasteiger partial charge in [-0.05, 0) is 12.3 Å². The first-order valence-electron chi connectivity index (χ1n) is 6.38. The molecule has 0 radical (unpaired) electrons. The smallest absolute Gasteiger partial charge is 0.303 e. The van der Waals surface area contributed by atoms with Gasteiger partial charge in [0, 0.05) is 6.42 Å². The zero-order chi connectivity index (χ0) is 11.5. The number of carboxylic acid groups (broad SMARTS) is 1. The lowest BCUT2D eigenvalue weighted by Gasteiger charge is -2.09. The number of hydrogen-bond donors (Lipinski definition) is 1. The Morgan fingerprint density at radius 2 is 1.67 bits per heavy atom. The Hall–Kier alpha value is -0.530. The predicted octanol–water partition coefficient (Wildman–Crippen LogP) is 4.24. The molecular formula is C13H26O2. The van der Waals surface area contributed by atoms with E-state index in [9.17, 15) is 4.79 Å². The van der Waals surface area contributed by atoms with Gasteiger partial charge in [0.15, 0.2) is 0 Å². The van der Waals surface area contributed by atoms with E-state index in [4.69, 9.17) is 5.11 Å². The van der Waals surface area contributed by atoms with Crippen molar-refractivity contribution in [3.63, 3.8) is 0 Å². The second-order valence-corrected chi connectivity index (χ2v) is 4.59. The first kappa shape index (κ1) is 14.5. The summed E-state index contributed by atoms with van der Waals surface area (Å²) in [6.07, 6.45) is 10.2. The fraction of sp³-hybridized carbons (Fsp3) is 0.923. The summed E-state index contributed by atoms with van der Waals surface area (Å²) in [5.74, 6) is 0.0381. The van der Waals surface area contributed by atoms with E-state index in [2.05, 4.69) is 13.8 Å². The largest absolute Gasteiger partial charge is 0.481 e. The van der Waals surface area contributed by atoms with Crippen LogP contribution in [0.1, 0.15) is 71.6 Å². The zero-order valence-electron chi connectivity index (χ0n) is 10.3. The van der Waals surface area contributed by atoms with Gasteiger partial charge in [-0.3, -0.25) is 4.79 Å². The molecule has 0 fully saturated rings. The molecule has 0 aromatic carbocycles. The second kappa shape index (κ2) is 10.0. The van der Waals surface area contributed by atoms with Gasteiger partial charge in [-0.25, -0.2) is 0 Å². The maximum atomic E-state index is 10.3. The number of hydrogen-bond acceptors (Lipinski definition) is 1. The highest BCUT2D eigenvalue weighted by molar-refractivity contribution is 5.66. The minimum Gasteiger partial charge on any atom is -0.481 e. The van der Waals surface area contributed by atoms with E-state index in [1.807, 2.05) is 0 Å². The second-order valence-electron chi connectivity index (χ2n) is 4.59. The first-order valence-corrected chi connectivity index (χ1v) is 6.38. The van der Waals surface area contributed by atoms with Gasteiger partial charge in [-0.1, -0.05) is 58.8 Å². The molecule has 1 N–H and O–H groups in total. The van der Waals surface area contributed by atoms with Crippen molar-refractivity contribution in [1.29, 1.82) is 0 Å². The predicted molar refractivity (Wildman–Crippen MR) is 64.0 cm³/mol. The van der Waals surface area contributed by atoms with Crippen LogP contribution in [0.15, 0.2) is 0 Å². The molecule has 15 heavy (non-hydrogen) atoms. The SMILES string of the molecule is CCCCCCCC(C)CCCC(=O)O. The lowest BCUT2D eigenvalue weighted by molar-refractivity contribution is -0.137. The number of aliphatic carboxylic acids is 1. The molecule has 1 unspecified atom stereocenters. The van der Waals surface area contributed by atoms with Gasteiger partial charge in [-0.15, -0.1) is 0 Å². The Morgan fingerprint density at radius 1 is 1.07 bits per heavy atom. The maximum Gasteiger partial charge on any atom is 0.303 e. The molecule has 0 rings (SSSR count). The highest BCUT2D eigenvalue weighted by Gasteiger charge is 2.03. The Kier molecular flexibility index (Phi) is 9.65. The third-order valence-corrected chi connectivity index (χ3v) is 2.89. The standard InChI is InChI=1S/C13H26O2/c1-3-4-5-6-7-9-12(2)10-8-11-13(14)15/h12H,3-11H2,1-2H3,(H,14,15). The Labute approximate surface area is 94.1 Å². The van der Waals surface area contributed by atoms with Crippen molar-refractivity contribution < 1.29 is 9.90 Å². The number of unbranched alkanes of at least 4 members (excludes halogenated alkanes) is 4. The molecule has 0 amide bonds. The topological polar surface area (TPSA) is 37.3 Å². The summed E-state index contributed by atoms with van der Waals surface area (Å²) >= 11 is 0. The Balaban J connectivity index is 3.18. The van der Waals surface area contributed by atoms with Crippen molar-refractivity contribution in [3.8, 4) is 0 Å². The average molecular weight is 214 g/mol. The van der Waals surface area contributed by atoms with Crippen LogP contribution >= 0.6 is 0 Å². The van der Waals surface area contributed by atoms with Crippen LogP contribution in [0.3, 0.4) is 0 Å². The van der Waals surface area contributed by atoms with E-state index in [1.165, 1.54) is 38.5 Å². The fourth-order valence-corrected chi connectivity index (χ4v) is 1.84. The molecule has 1 atom stereocenters. The van der Waals surface area contributed by atoms with Gasteiger partial charge in [0.1, 0.15) is 0 Å². The Morgan fingerprint density at radius 3 is 2.27 bits per heavy atom. The molecule has 0 bridgehead atoms. The third kappa shape index (κ3) is 11.4. The van der Waals surface area contributed by atoms with E-state index < -0.39 is 5.97 Å². The van der Waals surface area contributed by atoms with E-state index in [1.54, 1.807) is 0 Å². The van der Waals surface area contributed by atoms with Crippen molar-refractivity contribution in [2.24, 2.45) is 5.92 Å². The lowest BCUT2D eigenvalue weighted by atomic mass is 9.97. The number of carbonyl (C=O) groups is 1. The highest BCUT2D eigenvalue weighted by atomic mass is 16.4. The van der Waals surface area contributed by atoms with Gasteiger partial charge in [0.2, 0.25) is 0 Å². The van der Waals surface area contributed by atoms with Gasteiger partial charge in [0.25, 0.3) is 0 Å². The summed E-state index contributed by atoms with van der Waals surface area (Å²) in [5, 5.41) is 8.50. The molecule has 0 aromatic rings. The molecule has 2 heteroatoms. The minimum absolute atomic E-state index is 0.334. The fourth-order valence-electron chi connectivity index (χ4n) is 1.84. The molecule has 90 valence electrons. The van der Waals surface area contributed by atoms with Gasteiger partial charge in [0.05, 0.1) is 0 Å². The maximum absolute atomic E-state index is 10.3. The summed E-state index contributed by atoms with van der Waals surface area (Å²) in [5.41, 5.74) is 0. The number of carboxylic acids is 1. The molecule has 0 aliphatic rings. The van der Waals surface area contributed by atoms with Crippen molar-refractivity contribution in [2.75, 3.05) is 0 Å². The third-order valence-electron chi connectivity index (χ3n) is 2.89. The van der Waals surface area contributed by atoms with Gasteiger partial charge in [-0.2, -0.15) is 0 Å². The summed E-state index contributed by atoms with van der Waals surface area (Å²) < 4.78 is 0. The van der Waals surface area contributed by atoms with Crippen molar-refractivity contribution >= 4 is 5.97 Å². The molecule has 0 aromatic heterocycles. The highest BCUT2D eigenvalue weighted by Crippen LogP contribution is 2.16. The minimum atomic E-state index is -0.662. The van der Waals surface area contributed by atoms with Crippen LogP contribution in [0, 0.1) is 5.92 Å². The molecule has 0 saturated heterocycles. The van der Waals surface area contributed by atoms with Crippen LogP contribution in [0.4, 0.5) is 0 Å². The van der Waals surface area contributed by atoms with Gasteiger partial charge >= 0.3 is 5.97 Å². The van der Waals surface area contributed by atoms with Crippen molar-refractivity contribution in [2.45, 2.75) is 71.6 Å². The molecular weight excluding hydrogens is 188 g/mol. The molecule has 0 aliphatic carbocycles. The molecule has 0 heterocycles. The summed E-state index contributed by atoms with van der Waals surface area (Å²) in [6, 6.07) is 0. The van der Waals surface area contributed by atoms with E-state index in [0.717, 1.165) is 12.8 Å². The van der Waals surface area contributed by atoms with E-state index in [0.29, 0.717) is 12.3 Å². The van der Waals surface area contributed by atoms with Gasteiger partial charge < -0.3 is 5.11 Å². The summed E-state index contributed by atoms with van der Waals surface area (Å²) in [4.78, 5) is 10.3. The summed E-state index contributed by atoms with van der Waals surface area (Å²) in [7, 11) is 0. The van der Waals surface area contributed by atoms with Crippen LogP contribution in [0.5, 0.6) is 0 Å². The monoisotopic (exact) mass is 214 g/mol. The van der Waals surface area contributed by atoms with Crippen LogP contribution in [0.2, 0.25) is 0 Å².